The molecule has 2 rings (SSSR count). The molecule has 2 amide bonds. The van der Waals surface area contributed by atoms with Gasteiger partial charge in [-0.25, -0.2) is 0 Å². The summed E-state index contributed by atoms with van der Waals surface area (Å²) in [7, 11) is 2.25. The van der Waals surface area contributed by atoms with E-state index in [1.54, 1.807) is 68.9 Å². The zero-order valence-electron chi connectivity index (χ0n) is 14.3. The number of nitrogens with zero attached hydrogens (tertiary/aromatic N) is 1. The van der Waals surface area contributed by atoms with Gasteiger partial charge >= 0.3 is 0 Å². The van der Waals surface area contributed by atoms with E-state index in [9.17, 15) is 13.8 Å². The number of rotatable bonds is 6. The molecule has 1 unspecified atom stereocenters. The molecule has 0 aliphatic heterocycles. The van der Waals surface area contributed by atoms with Gasteiger partial charge < -0.3 is 15.0 Å². The van der Waals surface area contributed by atoms with E-state index in [-0.39, 0.29) is 18.4 Å². The fourth-order valence-electron chi connectivity index (χ4n) is 1.91. The topological polar surface area (TPSA) is 75.7 Å². The number of ether oxygens (including phenoxy) is 1. The number of nitrogens with one attached hydrogen (secondary N) is 1. The van der Waals surface area contributed by atoms with Gasteiger partial charge in [0.1, 0.15) is 5.75 Å². The summed E-state index contributed by atoms with van der Waals surface area (Å²) in [4.78, 5) is 25.8. The summed E-state index contributed by atoms with van der Waals surface area (Å²) in [6, 6.07) is 13.4. The van der Waals surface area contributed by atoms with Crippen LogP contribution in [-0.2, 0) is 15.6 Å². The average molecular weight is 360 g/mol. The molecule has 6 nitrogen and oxygen atoms in total. The van der Waals surface area contributed by atoms with Gasteiger partial charge in [0.15, 0.2) is 6.61 Å². The zero-order chi connectivity index (χ0) is 18.4. The first kappa shape index (κ1) is 18.7. The summed E-state index contributed by atoms with van der Waals surface area (Å²) in [5.74, 6) is 0.154. The van der Waals surface area contributed by atoms with E-state index in [2.05, 4.69) is 5.32 Å². The van der Waals surface area contributed by atoms with Gasteiger partial charge in [0.25, 0.3) is 11.8 Å². The summed E-state index contributed by atoms with van der Waals surface area (Å²) in [5.41, 5.74) is 1.09. The second kappa shape index (κ2) is 8.43. The van der Waals surface area contributed by atoms with Crippen molar-refractivity contribution in [1.29, 1.82) is 0 Å². The van der Waals surface area contributed by atoms with Crippen molar-refractivity contribution in [1.82, 2.24) is 4.90 Å². The number of anilines is 1. The largest absolute Gasteiger partial charge is 0.484 e. The van der Waals surface area contributed by atoms with Crippen molar-refractivity contribution >= 4 is 28.3 Å². The van der Waals surface area contributed by atoms with Crippen molar-refractivity contribution in [3.8, 4) is 5.75 Å². The predicted molar refractivity (Wildman–Crippen MR) is 97.4 cm³/mol. The van der Waals surface area contributed by atoms with Gasteiger partial charge in [-0.1, -0.05) is 0 Å². The maximum Gasteiger partial charge on any atom is 0.259 e. The Bertz CT molecular complexity index is 771. The van der Waals surface area contributed by atoms with Crippen LogP contribution in [0.25, 0.3) is 0 Å². The number of hydrogen-bond donors (Lipinski definition) is 1. The van der Waals surface area contributed by atoms with Crippen LogP contribution in [0.2, 0.25) is 0 Å². The van der Waals surface area contributed by atoms with E-state index in [1.807, 2.05) is 0 Å². The van der Waals surface area contributed by atoms with Crippen LogP contribution in [0.3, 0.4) is 0 Å². The lowest BCUT2D eigenvalue weighted by Gasteiger charge is -2.12. The quantitative estimate of drug-likeness (QED) is 0.856. The summed E-state index contributed by atoms with van der Waals surface area (Å²) >= 11 is 0. The summed E-state index contributed by atoms with van der Waals surface area (Å²) in [6.07, 6.45) is 1.59. The Balaban J connectivity index is 1.95. The molecule has 0 heterocycles. The maximum atomic E-state index is 12.2. The summed E-state index contributed by atoms with van der Waals surface area (Å²) < 4.78 is 16.7. The van der Waals surface area contributed by atoms with E-state index < -0.39 is 10.8 Å². The van der Waals surface area contributed by atoms with Gasteiger partial charge in [-0.2, -0.15) is 0 Å². The highest BCUT2D eigenvalue weighted by Crippen LogP contribution is 2.17. The fraction of sp³-hybridized carbons (Fsp3) is 0.222. The van der Waals surface area contributed by atoms with E-state index in [1.165, 1.54) is 4.90 Å². The van der Waals surface area contributed by atoms with Gasteiger partial charge in [-0.05, 0) is 48.5 Å². The molecule has 0 saturated carbocycles. The minimum absolute atomic E-state index is 0.0378. The van der Waals surface area contributed by atoms with Crippen LogP contribution in [0.1, 0.15) is 10.4 Å². The number of amides is 2. The van der Waals surface area contributed by atoms with Crippen molar-refractivity contribution in [2.75, 3.05) is 32.3 Å². The van der Waals surface area contributed by atoms with Gasteiger partial charge in [-0.3, -0.25) is 13.8 Å². The number of hydrogen-bond acceptors (Lipinski definition) is 4. The molecular weight excluding hydrogens is 340 g/mol. The van der Waals surface area contributed by atoms with Crippen LogP contribution < -0.4 is 10.1 Å². The van der Waals surface area contributed by atoms with E-state index >= 15 is 0 Å². The molecule has 2 aromatic rings. The Hall–Kier alpha value is -2.67. The normalized spacial score (nSPS) is 11.5. The van der Waals surface area contributed by atoms with Crippen LogP contribution in [0.5, 0.6) is 5.75 Å². The zero-order valence-corrected chi connectivity index (χ0v) is 15.1. The van der Waals surface area contributed by atoms with Crippen LogP contribution in [0.15, 0.2) is 53.4 Å². The molecule has 0 radical (unpaired) electrons. The Morgan fingerprint density at radius 1 is 1.04 bits per heavy atom. The summed E-state index contributed by atoms with van der Waals surface area (Å²) in [5, 5.41) is 2.77. The fourth-order valence-corrected chi connectivity index (χ4v) is 2.43. The SMILES string of the molecule is CN(C)C(=O)COc1ccc(NC(=O)c2ccc(S(C)=O)cc2)cc1. The van der Waals surface area contributed by atoms with Crippen molar-refractivity contribution in [2.45, 2.75) is 4.90 Å². The molecule has 0 fully saturated rings. The van der Waals surface area contributed by atoms with Gasteiger partial charge in [0.2, 0.25) is 0 Å². The second-order valence-electron chi connectivity index (χ2n) is 5.53. The van der Waals surface area contributed by atoms with Gasteiger partial charge in [0.05, 0.1) is 0 Å². The Morgan fingerprint density at radius 2 is 1.64 bits per heavy atom. The van der Waals surface area contributed by atoms with E-state index in [4.69, 9.17) is 4.74 Å². The lowest BCUT2D eigenvalue weighted by molar-refractivity contribution is -0.130. The van der Waals surface area contributed by atoms with Crippen molar-refractivity contribution < 1.29 is 18.5 Å². The van der Waals surface area contributed by atoms with Crippen molar-refractivity contribution in [3.05, 3.63) is 54.1 Å². The smallest absolute Gasteiger partial charge is 0.259 e. The molecule has 25 heavy (non-hydrogen) atoms. The number of carbonyl (C=O) groups is 2. The molecule has 0 saturated heterocycles. The first-order chi connectivity index (χ1) is 11.9. The van der Waals surface area contributed by atoms with Gasteiger partial charge in [0, 0.05) is 47.3 Å². The second-order valence-corrected chi connectivity index (χ2v) is 6.91. The minimum Gasteiger partial charge on any atom is -0.484 e. The molecule has 7 heteroatoms. The van der Waals surface area contributed by atoms with Crippen LogP contribution in [0, 0.1) is 0 Å². The van der Waals surface area contributed by atoms with E-state index in [0.717, 1.165) is 0 Å². The maximum absolute atomic E-state index is 12.2. The Labute approximate surface area is 149 Å². The molecule has 132 valence electrons. The predicted octanol–water partition coefficient (Wildman–Crippen LogP) is 2.14. The van der Waals surface area contributed by atoms with Crippen LogP contribution >= 0.6 is 0 Å². The highest BCUT2D eigenvalue weighted by Gasteiger charge is 2.08. The third-order valence-corrected chi connectivity index (χ3v) is 4.36. The molecule has 1 atom stereocenters. The molecule has 0 aliphatic carbocycles. The van der Waals surface area contributed by atoms with Crippen LogP contribution in [0.4, 0.5) is 5.69 Å². The number of likely N-dealkylation sites (N-methyl/N-ethyl adjacent to an activating group) is 1. The van der Waals surface area contributed by atoms with Crippen LogP contribution in [-0.4, -0.2) is 47.9 Å². The molecular formula is C18H20N2O4S. The molecule has 0 spiro atoms. The molecule has 0 aromatic heterocycles. The molecule has 1 N–H and O–H groups in total. The Morgan fingerprint density at radius 3 is 2.16 bits per heavy atom. The third kappa shape index (κ3) is 5.42. The first-order valence-corrected chi connectivity index (χ1v) is 9.10. The lowest BCUT2D eigenvalue weighted by Crippen LogP contribution is -2.27. The average Bonchev–Trinajstić information content (AvgIpc) is 2.60. The summed E-state index contributed by atoms with van der Waals surface area (Å²) in [6.45, 7) is -0.0378. The highest BCUT2D eigenvalue weighted by atomic mass is 32.2. The Kier molecular flexibility index (Phi) is 6.30. The van der Waals surface area contributed by atoms with E-state index in [0.29, 0.717) is 21.9 Å². The van der Waals surface area contributed by atoms with Gasteiger partial charge in [-0.15, -0.1) is 0 Å². The first-order valence-electron chi connectivity index (χ1n) is 7.54. The third-order valence-electron chi connectivity index (χ3n) is 3.42. The highest BCUT2D eigenvalue weighted by molar-refractivity contribution is 7.84. The molecule has 2 aromatic carbocycles. The molecule has 0 aliphatic rings. The van der Waals surface area contributed by atoms with Crippen molar-refractivity contribution in [3.63, 3.8) is 0 Å². The number of benzene rings is 2. The van der Waals surface area contributed by atoms with Crippen molar-refractivity contribution in [2.24, 2.45) is 0 Å². The lowest BCUT2D eigenvalue weighted by atomic mass is 10.2. The standard InChI is InChI=1S/C18H20N2O4S/c1-20(2)17(21)12-24-15-8-6-14(7-9-15)19-18(22)13-4-10-16(11-5-13)25(3)23/h4-11H,12H2,1-3H3,(H,19,22). The number of carbonyl (C=O) groups excluding carboxylic acids is 2. The monoisotopic (exact) mass is 360 g/mol. The molecule has 0 bridgehead atoms. The minimum atomic E-state index is -1.07.